The number of hydrogen-bond acceptors (Lipinski definition) is 6. The van der Waals surface area contributed by atoms with Gasteiger partial charge in [-0.05, 0) is 72.9 Å². The van der Waals surface area contributed by atoms with Crippen molar-refractivity contribution in [2.75, 3.05) is 27.3 Å². The molecule has 0 spiro atoms. The Morgan fingerprint density at radius 3 is 2.12 bits per heavy atom. The zero-order valence-corrected chi connectivity index (χ0v) is 25.2. The Hall–Kier alpha value is -3.96. The van der Waals surface area contributed by atoms with Crippen LogP contribution in [0.2, 0.25) is 0 Å². The molecule has 3 aromatic carbocycles. The molecule has 0 aliphatic carbocycles. The first kappa shape index (κ1) is 32.6. The van der Waals surface area contributed by atoms with Crippen molar-refractivity contribution in [3.05, 3.63) is 89.2 Å². The van der Waals surface area contributed by atoms with Crippen molar-refractivity contribution in [1.82, 2.24) is 14.9 Å². The Labute approximate surface area is 247 Å². The standard InChI is InChI=1S/C31H38FN3O6S/c1-5-34-42(38,39)27-14-8-23(9-15-27)11-17-30(36)35(21-25-6-12-26(32)13-7-25)22(2)31(37)33-19-18-24-10-16-28(40-3)29(20-24)41-4/h6-10,12-16,20,22,34H,5,11,17-19,21H2,1-4H3,(H,33,37). The topological polar surface area (TPSA) is 114 Å². The van der Waals surface area contributed by atoms with E-state index < -0.39 is 21.9 Å². The average Bonchev–Trinajstić information content (AvgIpc) is 2.99. The molecule has 0 aliphatic rings. The lowest BCUT2D eigenvalue weighted by Gasteiger charge is -2.29. The summed E-state index contributed by atoms with van der Waals surface area (Å²) in [4.78, 5) is 28.2. The summed E-state index contributed by atoms with van der Waals surface area (Å²) in [5.41, 5.74) is 2.42. The molecule has 2 amide bonds. The number of sulfonamides is 1. The van der Waals surface area contributed by atoms with Crippen LogP contribution in [0.5, 0.6) is 11.5 Å². The molecule has 0 fully saturated rings. The summed E-state index contributed by atoms with van der Waals surface area (Å²) in [6, 6.07) is 16.9. The number of benzene rings is 3. The van der Waals surface area contributed by atoms with Gasteiger partial charge in [-0.25, -0.2) is 17.5 Å². The molecule has 0 saturated heterocycles. The lowest BCUT2D eigenvalue weighted by atomic mass is 10.1. The van der Waals surface area contributed by atoms with E-state index in [9.17, 15) is 22.4 Å². The number of hydrogen-bond donors (Lipinski definition) is 2. The van der Waals surface area contributed by atoms with E-state index in [4.69, 9.17) is 9.47 Å². The number of carbonyl (C=O) groups excluding carboxylic acids is 2. The zero-order chi connectivity index (χ0) is 30.7. The summed E-state index contributed by atoms with van der Waals surface area (Å²) >= 11 is 0. The Morgan fingerprint density at radius 1 is 0.881 bits per heavy atom. The molecule has 0 heterocycles. The van der Waals surface area contributed by atoms with Gasteiger partial charge in [-0.2, -0.15) is 0 Å². The minimum atomic E-state index is -3.57. The summed E-state index contributed by atoms with van der Waals surface area (Å²) in [6.07, 6.45) is 1.00. The highest BCUT2D eigenvalue weighted by Gasteiger charge is 2.26. The highest BCUT2D eigenvalue weighted by atomic mass is 32.2. The van der Waals surface area contributed by atoms with Gasteiger partial charge in [0.15, 0.2) is 11.5 Å². The minimum absolute atomic E-state index is 0.101. The summed E-state index contributed by atoms with van der Waals surface area (Å²) < 4.78 is 50.9. The summed E-state index contributed by atoms with van der Waals surface area (Å²) in [5.74, 6) is 0.246. The van der Waals surface area contributed by atoms with Gasteiger partial charge < -0.3 is 19.7 Å². The molecular formula is C31H38FN3O6S. The average molecular weight is 600 g/mol. The first-order valence-electron chi connectivity index (χ1n) is 13.7. The summed E-state index contributed by atoms with van der Waals surface area (Å²) in [5, 5.41) is 2.90. The van der Waals surface area contributed by atoms with Crippen LogP contribution in [0.25, 0.3) is 0 Å². The second-order valence-corrected chi connectivity index (χ2v) is 11.5. The number of carbonyl (C=O) groups is 2. The van der Waals surface area contributed by atoms with E-state index in [1.54, 1.807) is 58.4 Å². The smallest absolute Gasteiger partial charge is 0.242 e. The van der Waals surface area contributed by atoms with Crippen LogP contribution in [0, 0.1) is 5.82 Å². The fraction of sp³-hybridized carbons (Fsp3) is 0.355. The van der Waals surface area contributed by atoms with Gasteiger partial charge in [0.25, 0.3) is 0 Å². The van der Waals surface area contributed by atoms with Crippen LogP contribution >= 0.6 is 0 Å². The van der Waals surface area contributed by atoms with Crippen molar-refractivity contribution in [2.24, 2.45) is 0 Å². The zero-order valence-electron chi connectivity index (χ0n) is 24.4. The maximum absolute atomic E-state index is 13.5. The predicted octanol–water partition coefficient (Wildman–Crippen LogP) is 3.85. The van der Waals surface area contributed by atoms with E-state index in [0.29, 0.717) is 36.4 Å². The molecule has 42 heavy (non-hydrogen) atoms. The van der Waals surface area contributed by atoms with Gasteiger partial charge >= 0.3 is 0 Å². The van der Waals surface area contributed by atoms with Crippen LogP contribution in [0.3, 0.4) is 0 Å². The molecule has 0 aromatic heterocycles. The Bertz CT molecular complexity index is 1450. The number of halogens is 1. The van der Waals surface area contributed by atoms with Crippen molar-refractivity contribution in [3.8, 4) is 11.5 Å². The van der Waals surface area contributed by atoms with Gasteiger partial charge in [0, 0.05) is 26.1 Å². The van der Waals surface area contributed by atoms with Crippen molar-refractivity contribution in [2.45, 2.75) is 50.6 Å². The van der Waals surface area contributed by atoms with Crippen LogP contribution in [-0.2, 0) is 39.0 Å². The minimum Gasteiger partial charge on any atom is -0.493 e. The molecule has 0 radical (unpaired) electrons. The fourth-order valence-corrected chi connectivity index (χ4v) is 5.43. The first-order chi connectivity index (χ1) is 20.1. The van der Waals surface area contributed by atoms with Gasteiger partial charge in [0.2, 0.25) is 21.8 Å². The maximum Gasteiger partial charge on any atom is 0.242 e. The number of aryl methyl sites for hydroxylation is 1. The molecule has 1 atom stereocenters. The number of nitrogens with one attached hydrogen (secondary N) is 2. The van der Waals surface area contributed by atoms with Gasteiger partial charge in [-0.1, -0.05) is 37.3 Å². The van der Waals surface area contributed by atoms with Crippen molar-refractivity contribution in [3.63, 3.8) is 0 Å². The van der Waals surface area contributed by atoms with Gasteiger partial charge in [0.1, 0.15) is 11.9 Å². The van der Waals surface area contributed by atoms with Crippen molar-refractivity contribution in [1.29, 1.82) is 0 Å². The largest absolute Gasteiger partial charge is 0.493 e. The third kappa shape index (κ3) is 9.02. The number of ether oxygens (including phenoxy) is 2. The lowest BCUT2D eigenvalue weighted by Crippen LogP contribution is -2.48. The Balaban J connectivity index is 1.66. The number of methoxy groups -OCH3 is 2. The second kappa shape index (κ2) is 15.3. The molecular weight excluding hydrogens is 561 g/mol. The highest BCUT2D eigenvalue weighted by Crippen LogP contribution is 2.27. The second-order valence-electron chi connectivity index (χ2n) is 9.70. The summed E-state index contributed by atoms with van der Waals surface area (Å²) in [7, 11) is -0.451. The number of nitrogens with zero attached hydrogens (tertiary/aromatic N) is 1. The van der Waals surface area contributed by atoms with E-state index in [-0.39, 0.29) is 36.2 Å². The predicted molar refractivity (Wildman–Crippen MR) is 158 cm³/mol. The van der Waals surface area contributed by atoms with Crippen LogP contribution in [0.1, 0.15) is 37.0 Å². The normalized spacial score (nSPS) is 11.9. The third-order valence-corrected chi connectivity index (χ3v) is 8.35. The fourth-order valence-electron chi connectivity index (χ4n) is 4.39. The molecule has 0 aliphatic heterocycles. The maximum atomic E-state index is 13.5. The van der Waals surface area contributed by atoms with Crippen LogP contribution in [0.4, 0.5) is 4.39 Å². The lowest BCUT2D eigenvalue weighted by molar-refractivity contribution is -0.140. The quantitative estimate of drug-likeness (QED) is 0.274. The molecule has 0 saturated carbocycles. The van der Waals surface area contributed by atoms with E-state index in [0.717, 1.165) is 11.1 Å². The van der Waals surface area contributed by atoms with Crippen molar-refractivity contribution < 1.29 is 31.9 Å². The third-order valence-electron chi connectivity index (χ3n) is 6.79. The van der Waals surface area contributed by atoms with Crippen LogP contribution < -0.4 is 19.5 Å². The van der Waals surface area contributed by atoms with Gasteiger partial charge in [-0.3, -0.25) is 9.59 Å². The molecule has 3 aromatic rings. The Morgan fingerprint density at radius 2 is 1.50 bits per heavy atom. The molecule has 226 valence electrons. The SMILES string of the molecule is CCNS(=O)(=O)c1ccc(CCC(=O)N(Cc2ccc(F)cc2)C(C)C(=O)NCCc2ccc(OC)c(OC)c2)cc1. The van der Waals surface area contributed by atoms with Crippen LogP contribution in [-0.4, -0.2) is 58.5 Å². The molecule has 3 rings (SSSR count). The summed E-state index contributed by atoms with van der Waals surface area (Å²) in [6.45, 7) is 4.12. The van der Waals surface area contributed by atoms with Gasteiger partial charge in [0.05, 0.1) is 19.1 Å². The van der Waals surface area contributed by atoms with E-state index in [2.05, 4.69) is 10.0 Å². The van der Waals surface area contributed by atoms with E-state index in [1.165, 1.54) is 29.2 Å². The molecule has 1 unspecified atom stereocenters. The Kier molecular flexibility index (Phi) is 11.9. The van der Waals surface area contributed by atoms with E-state index >= 15 is 0 Å². The monoisotopic (exact) mass is 599 g/mol. The van der Waals surface area contributed by atoms with Gasteiger partial charge in [-0.15, -0.1) is 0 Å². The number of rotatable bonds is 15. The molecule has 2 N–H and O–H groups in total. The molecule has 0 bridgehead atoms. The highest BCUT2D eigenvalue weighted by molar-refractivity contribution is 7.89. The van der Waals surface area contributed by atoms with Crippen molar-refractivity contribution >= 4 is 21.8 Å². The number of amides is 2. The first-order valence-corrected chi connectivity index (χ1v) is 15.2. The van der Waals surface area contributed by atoms with Crippen LogP contribution in [0.15, 0.2) is 71.6 Å². The molecule has 9 nitrogen and oxygen atoms in total. The molecule has 11 heteroatoms. The van der Waals surface area contributed by atoms with E-state index in [1.807, 2.05) is 12.1 Å².